The van der Waals surface area contributed by atoms with Crippen LogP contribution in [0.5, 0.6) is 0 Å². The van der Waals surface area contributed by atoms with Gasteiger partial charge in [0.1, 0.15) is 5.82 Å². The lowest BCUT2D eigenvalue weighted by molar-refractivity contribution is 0.448. The van der Waals surface area contributed by atoms with Gasteiger partial charge in [0, 0.05) is 12.6 Å². The first-order valence-corrected chi connectivity index (χ1v) is 3.53. The fraction of sp³-hybridized carbons (Fsp3) is 0.286. The molecule has 13 heavy (non-hydrogen) atoms. The van der Waals surface area contributed by atoms with Gasteiger partial charge < -0.3 is 11.5 Å². The molecule has 1 aromatic rings. The highest BCUT2D eigenvalue weighted by Gasteiger charge is 2.16. The van der Waals surface area contributed by atoms with Crippen molar-refractivity contribution < 1.29 is 13.2 Å². The maximum Gasteiger partial charge on any atom is 0.249 e. The first kappa shape index (κ1) is 9.94. The summed E-state index contributed by atoms with van der Waals surface area (Å²) in [4.78, 5) is 3.02. The highest BCUT2D eigenvalue weighted by Crippen LogP contribution is 2.14. The molecule has 0 aliphatic heterocycles. The van der Waals surface area contributed by atoms with Crippen molar-refractivity contribution in [3.8, 4) is 0 Å². The average Bonchev–Trinajstić information content (AvgIpc) is 2.10. The number of pyridine rings is 1. The van der Waals surface area contributed by atoms with E-state index in [1.54, 1.807) is 0 Å². The SMILES string of the molecule is NCC(N)c1nc(F)c(F)cc1F. The zero-order valence-corrected chi connectivity index (χ0v) is 6.60. The molecule has 0 aliphatic rings. The molecule has 0 radical (unpaired) electrons. The van der Waals surface area contributed by atoms with Crippen LogP contribution in [0, 0.1) is 17.6 Å². The van der Waals surface area contributed by atoms with Gasteiger partial charge in [-0.15, -0.1) is 0 Å². The molecule has 0 aliphatic carbocycles. The predicted molar refractivity (Wildman–Crippen MR) is 40.1 cm³/mol. The van der Waals surface area contributed by atoms with Gasteiger partial charge in [0.15, 0.2) is 5.82 Å². The first-order valence-electron chi connectivity index (χ1n) is 3.53. The van der Waals surface area contributed by atoms with E-state index in [-0.39, 0.29) is 12.2 Å². The van der Waals surface area contributed by atoms with Crippen molar-refractivity contribution in [2.45, 2.75) is 6.04 Å². The summed E-state index contributed by atoms with van der Waals surface area (Å²) in [5.41, 5.74) is 10.1. The highest BCUT2D eigenvalue weighted by molar-refractivity contribution is 5.13. The fourth-order valence-corrected chi connectivity index (χ4v) is 0.829. The second kappa shape index (κ2) is 3.71. The molecule has 1 rings (SSSR count). The maximum atomic E-state index is 12.9. The lowest BCUT2D eigenvalue weighted by atomic mass is 10.2. The van der Waals surface area contributed by atoms with Gasteiger partial charge in [-0.05, 0) is 0 Å². The third kappa shape index (κ3) is 1.96. The molecule has 1 atom stereocenters. The minimum atomic E-state index is -1.37. The third-order valence-electron chi connectivity index (χ3n) is 1.52. The van der Waals surface area contributed by atoms with Crippen molar-refractivity contribution in [2.75, 3.05) is 6.54 Å². The summed E-state index contributed by atoms with van der Waals surface area (Å²) in [6, 6.07) is -0.525. The van der Waals surface area contributed by atoms with Gasteiger partial charge in [0.2, 0.25) is 5.95 Å². The monoisotopic (exact) mass is 191 g/mol. The number of halogens is 3. The van der Waals surface area contributed by atoms with Gasteiger partial charge in [-0.3, -0.25) is 0 Å². The van der Waals surface area contributed by atoms with Crippen LogP contribution in [0.2, 0.25) is 0 Å². The van der Waals surface area contributed by atoms with Crippen LogP contribution in [-0.4, -0.2) is 11.5 Å². The molecule has 0 spiro atoms. The summed E-state index contributed by atoms with van der Waals surface area (Å²) >= 11 is 0. The maximum absolute atomic E-state index is 12.9. The number of nitrogens with zero attached hydrogens (tertiary/aromatic N) is 1. The number of rotatable bonds is 2. The smallest absolute Gasteiger partial charge is 0.249 e. The Morgan fingerprint density at radius 1 is 1.31 bits per heavy atom. The minimum absolute atomic E-state index is 0.0883. The van der Waals surface area contributed by atoms with Crippen molar-refractivity contribution in [1.82, 2.24) is 4.98 Å². The van der Waals surface area contributed by atoms with E-state index < -0.39 is 23.6 Å². The van der Waals surface area contributed by atoms with Gasteiger partial charge in [0.25, 0.3) is 0 Å². The highest BCUT2D eigenvalue weighted by atomic mass is 19.2. The van der Waals surface area contributed by atoms with Crippen LogP contribution in [0.25, 0.3) is 0 Å². The van der Waals surface area contributed by atoms with Crippen molar-refractivity contribution in [3.63, 3.8) is 0 Å². The van der Waals surface area contributed by atoms with Gasteiger partial charge in [0.05, 0.1) is 11.7 Å². The van der Waals surface area contributed by atoms with Crippen LogP contribution in [0.3, 0.4) is 0 Å². The van der Waals surface area contributed by atoms with Crippen molar-refractivity contribution in [2.24, 2.45) is 11.5 Å². The molecule has 0 aromatic carbocycles. The van der Waals surface area contributed by atoms with Crippen LogP contribution >= 0.6 is 0 Å². The molecular weight excluding hydrogens is 183 g/mol. The minimum Gasteiger partial charge on any atom is -0.329 e. The number of hydrogen-bond acceptors (Lipinski definition) is 3. The van der Waals surface area contributed by atoms with Crippen molar-refractivity contribution in [3.05, 3.63) is 29.3 Å². The molecule has 4 N–H and O–H groups in total. The summed E-state index contributed by atoms with van der Waals surface area (Å²) in [6.07, 6.45) is 0. The molecule has 0 saturated carbocycles. The summed E-state index contributed by atoms with van der Waals surface area (Å²) in [5, 5.41) is 0. The summed E-state index contributed by atoms with van der Waals surface area (Å²) in [7, 11) is 0. The average molecular weight is 191 g/mol. The van der Waals surface area contributed by atoms with Crippen LogP contribution < -0.4 is 11.5 Å². The molecule has 1 unspecified atom stereocenters. The Morgan fingerprint density at radius 2 is 1.92 bits per heavy atom. The second-order valence-corrected chi connectivity index (χ2v) is 2.47. The van der Waals surface area contributed by atoms with E-state index in [1.807, 2.05) is 0 Å². The number of aromatic nitrogens is 1. The Kier molecular flexibility index (Phi) is 2.84. The molecule has 72 valence electrons. The Bertz CT molecular complexity index is 316. The summed E-state index contributed by atoms with van der Waals surface area (Å²) < 4.78 is 37.7. The van der Waals surface area contributed by atoms with E-state index in [2.05, 4.69) is 4.98 Å². The molecule has 0 amide bonds. The zero-order chi connectivity index (χ0) is 10.0. The van der Waals surface area contributed by atoms with Crippen LogP contribution in [0.4, 0.5) is 13.2 Å². The van der Waals surface area contributed by atoms with Crippen LogP contribution in [-0.2, 0) is 0 Å². The van der Waals surface area contributed by atoms with E-state index in [1.165, 1.54) is 0 Å². The first-order chi connectivity index (χ1) is 6.06. The van der Waals surface area contributed by atoms with E-state index >= 15 is 0 Å². The topological polar surface area (TPSA) is 64.9 Å². The van der Waals surface area contributed by atoms with E-state index in [4.69, 9.17) is 11.5 Å². The quantitative estimate of drug-likeness (QED) is 0.667. The lowest BCUT2D eigenvalue weighted by Crippen LogP contribution is -2.23. The lowest BCUT2D eigenvalue weighted by Gasteiger charge is -2.08. The Balaban J connectivity index is 3.15. The Hall–Kier alpha value is -1.14. The van der Waals surface area contributed by atoms with E-state index in [0.29, 0.717) is 6.07 Å². The number of hydrogen-bond donors (Lipinski definition) is 2. The summed E-state index contributed by atoms with van der Waals surface area (Å²) in [6.45, 7) is -0.0883. The Labute approximate surface area is 72.6 Å². The van der Waals surface area contributed by atoms with Crippen LogP contribution in [0.15, 0.2) is 6.07 Å². The molecule has 1 aromatic heterocycles. The second-order valence-electron chi connectivity index (χ2n) is 2.47. The van der Waals surface area contributed by atoms with Gasteiger partial charge in [-0.25, -0.2) is 13.8 Å². The van der Waals surface area contributed by atoms with E-state index in [0.717, 1.165) is 0 Å². The normalized spacial score (nSPS) is 13.0. The van der Waals surface area contributed by atoms with Crippen LogP contribution in [0.1, 0.15) is 11.7 Å². The summed E-state index contributed by atoms with van der Waals surface area (Å²) in [5.74, 6) is -3.71. The van der Waals surface area contributed by atoms with Gasteiger partial charge in [-0.2, -0.15) is 4.39 Å². The molecule has 0 saturated heterocycles. The Morgan fingerprint density at radius 3 is 2.46 bits per heavy atom. The van der Waals surface area contributed by atoms with Gasteiger partial charge in [-0.1, -0.05) is 0 Å². The molecule has 1 heterocycles. The van der Waals surface area contributed by atoms with Gasteiger partial charge >= 0.3 is 0 Å². The third-order valence-corrected chi connectivity index (χ3v) is 1.52. The zero-order valence-electron chi connectivity index (χ0n) is 6.60. The molecule has 0 bridgehead atoms. The van der Waals surface area contributed by atoms with Crippen molar-refractivity contribution in [1.29, 1.82) is 0 Å². The van der Waals surface area contributed by atoms with Crippen molar-refractivity contribution >= 4 is 0 Å². The molecule has 3 nitrogen and oxygen atoms in total. The predicted octanol–water partition coefficient (Wildman–Crippen LogP) is 0.457. The number of nitrogens with two attached hydrogens (primary N) is 2. The largest absolute Gasteiger partial charge is 0.329 e. The standard InChI is InChI=1S/C7H8F3N3/c8-3-1-4(9)7(10)13-6(3)5(12)2-11/h1,5H,2,11-12H2. The molecule has 6 heteroatoms. The van der Waals surface area contributed by atoms with E-state index in [9.17, 15) is 13.2 Å². The molecule has 0 fully saturated rings. The fourth-order valence-electron chi connectivity index (χ4n) is 0.829. The molecular formula is C7H8F3N3.